The first kappa shape index (κ1) is 49.7. The second kappa shape index (κ2) is 83.7. The van der Waals surface area contributed by atoms with Crippen molar-refractivity contribution in [2.45, 2.75) is 0 Å². The molecule has 0 aliphatic rings. The van der Waals surface area contributed by atoms with Crippen molar-refractivity contribution >= 4 is 9.12 Å². The molecule has 1 unspecified atom stereocenters. The van der Waals surface area contributed by atoms with Crippen LogP contribution in [0, 0.1) is 0 Å². The molecule has 0 rings (SSSR count). The van der Waals surface area contributed by atoms with E-state index in [2.05, 4.69) is 0 Å². The van der Waals surface area contributed by atoms with Gasteiger partial charge in [-0.15, -0.1) is 0 Å². The van der Waals surface area contributed by atoms with Crippen molar-refractivity contribution in [3.05, 3.63) is 0 Å². The van der Waals surface area contributed by atoms with E-state index in [1.54, 1.807) is 0 Å². The van der Waals surface area contributed by atoms with Crippen molar-refractivity contribution < 1.29 is 60.3 Å². The van der Waals surface area contributed by atoms with Gasteiger partial charge in [-0.3, -0.25) is 0 Å². The molecule has 0 aliphatic heterocycles. The van der Waals surface area contributed by atoms with Crippen LogP contribution in [0.15, 0.2) is 0 Å². The van der Waals surface area contributed by atoms with Gasteiger partial charge in [-0.25, -0.2) is 0 Å². The van der Waals surface area contributed by atoms with Crippen molar-refractivity contribution in [2.24, 2.45) is 0 Å². The Balaban J connectivity index is -0.000000000833. The van der Waals surface area contributed by atoms with E-state index in [0.29, 0.717) is 0 Å². The van der Waals surface area contributed by atoms with Crippen molar-refractivity contribution in [1.29, 1.82) is 0 Å². The van der Waals surface area contributed by atoms with Crippen LogP contribution < -0.4 is 37.2 Å². The van der Waals surface area contributed by atoms with Gasteiger partial charge in [-0.2, -0.15) is 0 Å². The molecule has 0 bridgehead atoms. The minimum absolute atomic E-state index is 0. The Hall–Kier alpha value is 1.55. The summed E-state index contributed by atoms with van der Waals surface area (Å²) in [5, 5.41) is 0. The predicted octanol–water partition coefficient (Wildman–Crippen LogP) is -8.78. The standard InChI is InChI=1S/3ClH.H2OP.V/c;;;1-2;/h3*1H;2H2;/q;;;+1;/p-3. The van der Waals surface area contributed by atoms with E-state index in [9.17, 15) is 0 Å². The van der Waals surface area contributed by atoms with Gasteiger partial charge in [0.2, 0.25) is 0 Å². The van der Waals surface area contributed by atoms with Gasteiger partial charge >= 0.3 is 9.12 Å². The van der Waals surface area contributed by atoms with Crippen LogP contribution in [0.25, 0.3) is 0 Å². The average Bonchev–Trinajstić information content (AvgIpc) is 1.00. The summed E-state index contributed by atoms with van der Waals surface area (Å²) >= 11 is 0. The summed E-state index contributed by atoms with van der Waals surface area (Å²) in [5.74, 6) is 0. The van der Waals surface area contributed by atoms with Gasteiger partial charge in [0, 0.05) is 18.6 Å². The third kappa shape index (κ3) is 47.7. The summed E-state index contributed by atoms with van der Waals surface area (Å²) in [5.41, 5.74) is 0. The molecule has 0 N–H and O–H groups in total. The van der Waals surface area contributed by atoms with Gasteiger partial charge in [-0.1, -0.05) is 4.57 Å². The zero-order valence-electron chi connectivity index (χ0n) is 2.57. The van der Waals surface area contributed by atoms with Crippen molar-refractivity contribution in [3.8, 4) is 0 Å². The summed E-state index contributed by atoms with van der Waals surface area (Å²) in [4.78, 5) is 0. The fourth-order valence-corrected chi connectivity index (χ4v) is 0. The minimum Gasteiger partial charge on any atom is -1.00 e. The molecular weight excluding hydrogens is 204 g/mol. The summed E-state index contributed by atoms with van der Waals surface area (Å²) in [6.45, 7) is 0. The first-order valence-corrected chi connectivity index (χ1v) is 0.707. The number of hydrogen-bond donors (Lipinski definition) is 0. The molecule has 0 saturated carbocycles. The molecule has 0 aromatic carbocycles. The molecule has 0 saturated heterocycles. The van der Waals surface area contributed by atoms with Gasteiger partial charge in [-0.05, 0) is 0 Å². The second-order valence-electron chi connectivity index (χ2n) is 0. The van der Waals surface area contributed by atoms with E-state index in [0.717, 1.165) is 0 Å². The molecule has 0 heterocycles. The molecule has 0 fully saturated rings. The molecule has 41 valence electrons. The fraction of sp³-hybridized carbons (Fsp3) is 0. The van der Waals surface area contributed by atoms with Crippen LogP contribution in [0.3, 0.4) is 0 Å². The van der Waals surface area contributed by atoms with Gasteiger partial charge < -0.3 is 37.2 Å². The topological polar surface area (TPSA) is 17.1 Å². The predicted molar refractivity (Wildman–Crippen MR) is 10.4 cm³/mol. The van der Waals surface area contributed by atoms with Crippen LogP contribution in [-0.2, 0) is 23.1 Å². The molecule has 0 aliphatic carbocycles. The smallest absolute Gasteiger partial charge is 0.310 e. The Morgan fingerprint density at radius 2 is 0.833 bits per heavy atom. The maximum atomic E-state index is 8.17. The van der Waals surface area contributed by atoms with Gasteiger partial charge in [0.15, 0.2) is 0 Å². The largest absolute Gasteiger partial charge is 1.00 e. The zero-order chi connectivity index (χ0) is 2.00. The fourth-order valence-electron chi connectivity index (χ4n) is 0. The van der Waals surface area contributed by atoms with Gasteiger partial charge in [0.05, 0.1) is 0 Å². The average molecular weight is 206 g/mol. The second-order valence-corrected chi connectivity index (χ2v) is 0. The molecule has 0 aromatic rings. The summed E-state index contributed by atoms with van der Waals surface area (Å²) < 4.78 is 8.17. The SMILES string of the molecule is O=[PH2+].[Cl-].[Cl-].[Cl-].[V]. The molecule has 0 spiro atoms. The maximum absolute atomic E-state index is 8.17. The molecular formula is H2Cl3OPV-2. The third-order valence-corrected chi connectivity index (χ3v) is 0. The van der Waals surface area contributed by atoms with Crippen LogP contribution >= 0.6 is 9.12 Å². The van der Waals surface area contributed by atoms with Crippen molar-refractivity contribution in [2.75, 3.05) is 0 Å². The molecule has 0 amide bonds. The van der Waals surface area contributed by atoms with E-state index in [-0.39, 0.29) is 55.8 Å². The van der Waals surface area contributed by atoms with E-state index in [1.807, 2.05) is 0 Å². The van der Waals surface area contributed by atoms with E-state index >= 15 is 0 Å². The first-order valence-electron chi connectivity index (χ1n) is 0.236. The van der Waals surface area contributed by atoms with E-state index in [1.165, 1.54) is 9.12 Å². The number of hydrogen-bond acceptors (Lipinski definition) is 1. The maximum Gasteiger partial charge on any atom is 0.310 e. The Morgan fingerprint density at radius 1 is 0.833 bits per heavy atom. The third-order valence-electron chi connectivity index (χ3n) is 0. The molecule has 0 aromatic heterocycles. The molecule has 6 heteroatoms. The van der Waals surface area contributed by atoms with Crippen molar-refractivity contribution in [3.63, 3.8) is 0 Å². The van der Waals surface area contributed by atoms with Crippen molar-refractivity contribution in [1.82, 2.24) is 0 Å². The Labute approximate surface area is 69.4 Å². The van der Waals surface area contributed by atoms with Crippen LogP contribution in [0.1, 0.15) is 0 Å². The summed E-state index contributed by atoms with van der Waals surface area (Å²) in [6.07, 6.45) is 0. The van der Waals surface area contributed by atoms with E-state index < -0.39 is 0 Å². The van der Waals surface area contributed by atoms with Gasteiger partial charge in [0.1, 0.15) is 0 Å². The van der Waals surface area contributed by atoms with Crippen LogP contribution in [0.5, 0.6) is 0 Å². The summed E-state index contributed by atoms with van der Waals surface area (Å²) in [6, 6.07) is 0. The minimum atomic E-state index is 0. The van der Waals surface area contributed by atoms with Crippen LogP contribution in [0.4, 0.5) is 0 Å². The van der Waals surface area contributed by atoms with Gasteiger partial charge in [0.25, 0.3) is 0 Å². The number of halogens is 3. The monoisotopic (exact) mass is 205 g/mol. The molecule has 6 heavy (non-hydrogen) atoms. The molecule has 1 nitrogen and oxygen atoms in total. The van der Waals surface area contributed by atoms with Crippen LogP contribution in [0.2, 0.25) is 0 Å². The van der Waals surface area contributed by atoms with E-state index in [4.69, 9.17) is 4.57 Å². The Morgan fingerprint density at radius 3 is 0.833 bits per heavy atom. The Kier molecular flexibility index (Phi) is 694. The van der Waals surface area contributed by atoms with Crippen LogP contribution in [-0.4, -0.2) is 0 Å². The Bertz CT molecular complexity index is 10.8. The summed E-state index contributed by atoms with van der Waals surface area (Å²) in [7, 11) is 1.17. The quantitative estimate of drug-likeness (QED) is 0.360. The number of rotatable bonds is 0. The molecule has 1 atom stereocenters. The molecule has 1 radical (unpaired) electrons. The normalized spacial score (nSPS) is 0.667. The first-order chi connectivity index (χ1) is 1.00. The zero-order valence-corrected chi connectivity index (χ0v) is 7.39.